The largest absolute Gasteiger partial charge is 0.383 e. The highest BCUT2D eigenvalue weighted by Gasteiger charge is 2.03. The van der Waals surface area contributed by atoms with Crippen LogP contribution in [0.1, 0.15) is 11.1 Å². The molecule has 0 saturated carbocycles. The van der Waals surface area contributed by atoms with Crippen LogP contribution in [0.5, 0.6) is 0 Å². The molecule has 0 unspecified atom stereocenters. The van der Waals surface area contributed by atoms with Gasteiger partial charge in [-0.15, -0.1) is 0 Å². The summed E-state index contributed by atoms with van der Waals surface area (Å²) in [5.74, 6) is 0.235. The van der Waals surface area contributed by atoms with Gasteiger partial charge in [0.05, 0.1) is 6.54 Å². The molecule has 1 heterocycles. The highest BCUT2D eigenvalue weighted by atomic mass is 16.1. The lowest BCUT2D eigenvalue weighted by Gasteiger charge is -2.09. The van der Waals surface area contributed by atoms with Gasteiger partial charge in [0.15, 0.2) is 0 Å². The molecule has 0 radical (unpaired) electrons. The molecule has 0 amide bonds. The smallest absolute Gasteiger partial charge is 0.349 e. The molecule has 2 aromatic rings. The molecule has 0 bridgehead atoms. The van der Waals surface area contributed by atoms with Crippen LogP contribution in [-0.4, -0.2) is 9.55 Å². The van der Waals surface area contributed by atoms with E-state index in [1.807, 2.05) is 24.3 Å². The minimum atomic E-state index is -0.350. The lowest BCUT2D eigenvalue weighted by Crippen LogP contribution is -2.24. The third-order valence-electron chi connectivity index (χ3n) is 2.57. The van der Waals surface area contributed by atoms with Crippen LogP contribution in [0.25, 0.3) is 0 Å². The van der Waals surface area contributed by atoms with Crippen LogP contribution >= 0.6 is 0 Å². The van der Waals surface area contributed by atoms with Gasteiger partial charge in [-0.3, -0.25) is 4.57 Å². The van der Waals surface area contributed by atoms with E-state index in [4.69, 9.17) is 11.5 Å². The molecule has 2 rings (SSSR count). The van der Waals surface area contributed by atoms with Crippen LogP contribution < -0.4 is 17.2 Å². The Morgan fingerprint density at radius 3 is 2.53 bits per heavy atom. The molecule has 88 valence electrons. The van der Waals surface area contributed by atoms with Crippen LogP contribution in [0.15, 0.2) is 41.3 Å². The Kier molecular flexibility index (Phi) is 3.20. The summed E-state index contributed by atoms with van der Waals surface area (Å²) in [6, 6.07) is 9.35. The zero-order valence-electron chi connectivity index (χ0n) is 9.34. The number of hydrogen-bond donors (Lipinski definition) is 2. The predicted molar refractivity (Wildman–Crippen MR) is 66.3 cm³/mol. The van der Waals surface area contributed by atoms with E-state index < -0.39 is 0 Å². The number of rotatable bonds is 3. The lowest BCUT2D eigenvalue weighted by molar-refractivity contribution is 0.722. The maximum atomic E-state index is 11.6. The number of nitrogen functional groups attached to an aromatic ring is 1. The molecule has 1 aromatic carbocycles. The summed E-state index contributed by atoms with van der Waals surface area (Å²) >= 11 is 0. The second kappa shape index (κ2) is 4.80. The predicted octanol–water partition coefficient (Wildman–Crippen LogP) is 0.333. The molecule has 0 saturated heterocycles. The first-order chi connectivity index (χ1) is 8.20. The average Bonchev–Trinajstić information content (AvgIpc) is 2.33. The second-order valence-electron chi connectivity index (χ2n) is 3.74. The first-order valence-electron chi connectivity index (χ1n) is 5.30. The van der Waals surface area contributed by atoms with E-state index in [2.05, 4.69) is 4.98 Å². The summed E-state index contributed by atoms with van der Waals surface area (Å²) in [4.78, 5) is 15.3. The highest BCUT2D eigenvalue weighted by molar-refractivity contribution is 5.28. The Hall–Kier alpha value is -2.14. The quantitative estimate of drug-likeness (QED) is 0.795. The van der Waals surface area contributed by atoms with Gasteiger partial charge in [-0.1, -0.05) is 24.3 Å². The van der Waals surface area contributed by atoms with Crippen molar-refractivity contribution in [2.24, 2.45) is 5.73 Å². The van der Waals surface area contributed by atoms with Gasteiger partial charge in [-0.25, -0.2) is 4.79 Å². The third-order valence-corrected chi connectivity index (χ3v) is 2.57. The van der Waals surface area contributed by atoms with E-state index in [0.29, 0.717) is 13.1 Å². The Morgan fingerprint density at radius 2 is 1.88 bits per heavy atom. The number of aromatic nitrogens is 2. The van der Waals surface area contributed by atoms with Gasteiger partial charge in [0.25, 0.3) is 0 Å². The average molecular weight is 230 g/mol. The summed E-state index contributed by atoms with van der Waals surface area (Å²) in [6.45, 7) is 0.910. The van der Waals surface area contributed by atoms with Crippen LogP contribution in [0, 0.1) is 0 Å². The summed E-state index contributed by atoms with van der Waals surface area (Å²) in [5, 5.41) is 0. The fourth-order valence-corrected chi connectivity index (χ4v) is 1.66. The van der Waals surface area contributed by atoms with Crippen molar-refractivity contribution in [2.45, 2.75) is 13.1 Å². The van der Waals surface area contributed by atoms with Crippen molar-refractivity contribution in [3.8, 4) is 0 Å². The monoisotopic (exact) mass is 230 g/mol. The molecule has 0 fully saturated rings. The van der Waals surface area contributed by atoms with E-state index in [9.17, 15) is 4.79 Å². The van der Waals surface area contributed by atoms with E-state index in [-0.39, 0.29) is 11.5 Å². The third kappa shape index (κ3) is 2.51. The van der Waals surface area contributed by atoms with Crippen LogP contribution in [0.3, 0.4) is 0 Å². The molecule has 1 aromatic heterocycles. The maximum absolute atomic E-state index is 11.6. The number of anilines is 1. The van der Waals surface area contributed by atoms with Gasteiger partial charge in [0.2, 0.25) is 0 Å². The fraction of sp³-hybridized carbons (Fsp3) is 0.167. The number of hydrogen-bond acceptors (Lipinski definition) is 4. The molecule has 0 atom stereocenters. The van der Waals surface area contributed by atoms with Gasteiger partial charge >= 0.3 is 5.69 Å². The molecule has 17 heavy (non-hydrogen) atoms. The van der Waals surface area contributed by atoms with Crippen molar-refractivity contribution in [3.05, 3.63) is 58.1 Å². The topological polar surface area (TPSA) is 86.9 Å². The first-order valence-corrected chi connectivity index (χ1v) is 5.30. The Bertz CT molecular complexity index is 577. The Morgan fingerprint density at radius 1 is 1.18 bits per heavy atom. The van der Waals surface area contributed by atoms with Crippen LogP contribution in [0.4, 0.5) is 5.82 Å². The zero-order valence-corrected chi connectivity index (χ0v) is 9.34. The molecule has 5 heteroatoms. The Labute approximate surface area is 98.7 Å². The van der Waals surface area contributed by atoms with Crippen molar-refractivity contribution >= 4 is 5.82 Å². The molecule has 0 aliphatic rings. The number of nitrogens with zero attached hydrogens (tertiary/aromatic N) is 2. The molecule has 0 aliphatic heterocycles. The van der Waals surface area contributed by atoms with Gasteiger partial charge in [-0.05, 0) is 17.2 Å². The van der Waals surface area contributed by atoms with Crippen molar-refractivity contribution in [1.29, 1.82) is 0 Å². The first kappa shape index (κ1) is 11.3. The molecular weight excluding hydrogens is 216 g/mol. The van der Waals surface area contributed by atoms with E-state index in [1.54, 1.807) is 12.3 Å². The molecule has 5 nitrogen and oxygen atoms in total. The number of benzene rings is 1. The van der Waals surface area contributed by atoms with E-state index >= 15 is 0 Å². The molecule has 0 aliphatic carbocycles. The fourth-order valence-electron chi connectivity index (χ4n) is 1.66. The molecular formula is C12H14N4O. The summed E-state index contributed by atoms with van der Waals surface area (Å²) in [5.41, 5.74) is 12.8. The van der Waals surface area contributed by atoms with Gasteiger partial charge in [0, 0.05) is 12.7 Å². The Balaban J connectivity index is 2.35. The van der Waals surface area contributed by atoms with E-state index in [0.717, 1.165) is 11.1 Å². The van der Waals surface area contributed by atoms with Gasteiger partial charge < -0.3 is 11.5 Å². The van der Waals surface area contributed by atoms with Crippen molar-refractivity contribution in [2.75, 3.05) is 5.73 Å². The second-order valence-corrected chi connectivity index (χ2v) is 3.74. The summed E-state index contributed by atoms with van der Waals surface area (Å²) in [6.07, 6.45) is 1.64. The van der Waals surface area contributed by atoms with Crippen molar-refractivity contribution < 1.29 is 0 Å². The van der Waals surface area contributed by atoms with Crippen molar-refractivity contribution in [1.82, 2.24) is 9.55 Å². The van der Waals surface area contributed by atoms with Crippen LogP contribution in [-0.2, 0) is 13.1 Å². The lowest BCUT2D eigenvalue weighted by atomic mass is 10.1. The standard InChI is InChI=1S/C12H14N4O/c13-7-9-3-1-2-4-10(9)8-16-6-5-11(14)15-12(16)17/h1-6H,7-8,13H2,(H2,14,15,17). The van der Waals surface area contributed by atoms with Gasteiger partial charge in [0.1, 0.15) is 5.82 Å². The number of nitrogens with two attached hydrogens (primary N) is 2. The minimum absolute atomic E-state index is 0.235. The highest BCUT2D eigenvalue weighted by Crippen LogP contribution is 2.08. The van der Waals surface area contributed by atoms with Gasteiger partial charge in [-0.2, -0.15) is 4.98 Å². The summed E-state index contributed by atoms with van der Waals surface area (Å²) < 4.78 is 1.50. The van der Waals surface area contributed by atoms with Crippen LogP contribution in [0.2, 0.25) is 0 Å². The normalized spacial score (nSPS) is 10.4. The molecule has 0 spiro atoms. The molecule has 4 N–H and O–H groups in total. The minimum Gasteiger partial charge on any atom is -0.383 e. The van der Waals surface area contributed by atoms with Crippen molar-refractivity contribution in [3.63, 3.8) is 0 Å². The zero-order chi connectivity index (χ0) is 12.3. The van der Waals surface area contributed by atoms with E-state index in [1.165, 1.54) is 4.57 Å². The summed E-state index contributed by atoms with van der Waals surface area (Å²) in [7, 11) is 0. The maximum Gasteiger partial charge on any atom is 0.349 e. The SMILES string of the molecule is NCc1ccccc1Cn1ccc(N)nc1=O.